The summed E-state index contributed by atoms with van der Waals surface area (Å²) in [4.78, 5) is 13.6. The van der Waals surface area contributed by atoms with Crippen LogP contribution >= 0.6 is 0 Å². The normalized spacial score (nSPS) is 19.4. The molecule has 1 unspecified atom stereocenters. The fourth-order valence-corrected chi connectivity index (χ4v) is 2.75. The maximum atomic E-state index is 9.15. The van der Waals surface area contributed by atoms with Crippen molar-refractivity contribution in [2.24, 2.45) is 0 Å². The molecule has 0 spiro atoms. The molecule has 19 heavy (non-hydrogen) atoms. The van der Waals surface area contributed by atoms with E-state index >= 15 is 0 Å². The smallest absolute Gasteiger partial charge is 0.225 e. The van der Waals surface area contributed by atoms with Gasteiger partial charge in [-0.2, -0.15) is 0 Å². The summed E-state index contributed by atoms with van der Waals surface area (Å²) < 4.78 is 0. The zero-order valence-electron chi connectivity index (χ0n) is 12.1. The van der Waals surface area contributed by atoms with Gasteiger partial charge in [0, 0.05) is 36.6 Å². The lowest BCUT2D eigenvalue weighted by atomic mass is 10.2. The molecule has 0 aromatic carbocycles. The van der Waals surface area contributed by atoms with E-state index in [0.29, 0.717) is 6.04 Å². The van der Waals surface area contributed by atoms with Gasteiger partial charge in [0.1, 0.15) is 0 Å². The van der Waals surface area contributed by atoms with E-state index in [2.05, 4.69) is 33.6 Å². The number of rotatable bonds is 5. The van der Waals surface area contributed by atoms with Gasteiger partial charge in [0.2, 0.25) is 5.95 Å². The van der Waals surface area contributed by atoms with E-state index in [4.69, 9.17) is 5.11 Å². The van der Waals surface area contributed by atoms with Gasteiger partial charge in [0.05, 0.1) is 6.61 Å². The first-order valence-corrected chi connectivity index (χ1v) is 7.11. The second-order valence-electron chi connectivity index (χ2n) is 5.05. The van der Waals surface area contributed by atoms with Gasteiger partial charge in [-0.3, -0.25) is 4.90 Å². The summed E-state index contributed by atoms with van der Waals surface area (Å²) in [5, 5.41) is 9.15. The first-order chi connectivity index (χ1) is 9.19. The summed E-state index contributed by atoms with van der Waals surface area (Å²) in [5.74, 6) is 0.796. The SMILES string of the molecule is CCN(CC)C1CCN(c2ncc(CO)c(C)n2)C1. The molecule has 1 saturated heterocycles. The zero-order chi connectivity index (χ0) is 13.8. The average Bonchev–Trinajstić information content (AvgIpc) is 2.90. The maximum absolute atomic E-state index is 9.15. The van der Waals surface area contributed by atoms with Crippen LogP contribution in [0.5, 0.6) is 0 Å². The molecule has 5 heteroatoms. The fraction of sp³-hybridized carbons (Fsp3) is 0.714. The monoisotopic (exact) mass is 264 g/mol. The third-order valence-electron chi connectivity index (χ3n) is 4.01. The molecule has 1 aliphatic rings. The van der Waals surface area contributed by atoms with Crippen LogP contribution in [0.2, 0.25) is 0 Å². The molecule has 1 aromatic heterocycles. The van der Waals surface area contributed by atoms with Crippen LogP contribution in [-0.2, 0) is 6.61 Å². The fourth-order valence-electron chi connectivity index (χ4n) is 2.75. The predicted octanol–water partition coefficient (Wildman–Crippen LogP) is 1.20. The lowest BCUT2D eigenvalue weighted by Crippen LogP contribution is -2.37. The van der Waals surface area contributed by atoms with Gasteiger partial charge in [-0.15, -0.1) is 0 Å². The quantitative estimate of drug-likeness (QED) is 0.866. The third-order valence-corrected chi connectivity index (χ3v) is 4.01. The van der Waals surface area contributed by atoms with E-state index in [9.17, 15) is 0 Å². The van der Waals surface area contributed by atoms with Crippen molar-refractivity contribution in [1.29, 1.82) is 0 Å². The second kappa shape index (κ2) is 6.30. The molecule has 1 fully saturated rings. The Bertz CT molecular complexity index is 420. The van der Waals surface area contributed by atoms with Gasteiger partial charge < -0.3 is 10.0 Å². The topological polar surface area (TPSA) is 52.5 Å². The molecule has 0 radical (unpaired) electrons. The van der Waals surface area contributed by atoms with Crippen molar-refractivity contribution in [3.8, 4) is 0 Å². The van der Waals surface area contributed by atoms with Crippen LogP contribution in [0.15, 0.2) is 6.20 Å². The Hall–Kier alpha value is -1.20. The summed E-state index contributed by atoms with van der Waals surface area (Å²) in [6, 6.07) is 0.608. The van der Waals surface area contributed by atoms with Crippen LogP contribution in [0, 0.1) is 6.92 Å². The molecule has 0 bridgehead atoms. The highest BCUT2D eigenvalue weighted by molar-refractivity contribution is 5.34. The number of likely N-dealkylation sites (N-methyl/N-ethyl adjacent to an activating group) is 1. The molecule has 1 atom stereocenters. The van der Waals surface area contributed by atoms with Gasteiger partial charge in [-0.25, -0.2) is 9.97 Å². The second-order valence-corrected chi connectivity index (χ2v) is 5.05. The molecular weight excluding hydrogens is 240 g/mol. The van der Waals surface area contributed by atoms with E-state index < -0.39 is 0 Å². The largest absolute Gasteiger partial charge is 0.392 e. The highest BCUT2D eigenvalue weighted by atomic mass is 16.3. The van der Waals surface area contributed by atoms with E-state index in [1.165, 1.54) is 6.42 Å². The van der Waals surface area contributed by atoms with Gasteiger partial charge in [-0.1, -0.05) is 13.8 Å². The average molecular weight is 264 g/mol. The van der Waals surface area contributed by atoms with Crippen LogP contribution < -0.4 is 4.90 Å². The zero-order valence-corrected chi connectivity index (χ0v) is 12.1. The molecule has 2 rings (SSSR count). The summed E-state index contributed by atoms with van der Waals surface area (Å²) in [6.45, 7) is 10.6. The first kappa shape index (κ1) is 14.2. The number of aromatic nitrogens is 2. The van der Waals surface area contributed by atoms with Crippen molar-refractivity contribution in [2.45, 2.75) is 39.8 Å². The number of nitrogens with zero attached hydrogens (tertiary/aromatic N) is 4. The van der Waals surface area contributed by atoms with Crippen molar-refractivity contribution >= 4 is 5.95 Å². The van der Waals surface area contributed by atoms with Crippen molar-refractivity contribution in [3.63, 3.8) is 0 Å². The summed E-state index contributed by atoms with van der Waals surface area (Å²) in [5.41, 5.74) is 1.68. The molecule has 1 aromatic rings. The van der Waals surface area contributed by atoms with Crippen LogP contribution in [-0.4, -0.2) is 52.2 Å². The molecule has 106 valence electrons. The Balaban J connectivity index is 2.06. The van der Waals surface area contributed by atoms with E-state index in [0.717, 1.165) is 43.4 Å². The van der Waals surface area contributed by atoms with Gasteiger partial charge in [0.15, 0.2) is 0 Å². The minimum atomic E-state index is 0.00812. The lowest BCUT2D eigenvalue weighted by molar-refractivity contribution is 0.232. The van der Waals surface area contributed by atoms with Crippen LogP contribution in [0.3, 0.4) is 0 Å². The highest BCUT2D eigenvalue weighted by Gasteiger charge is 2.27. The molecule has 5 nitrogen and oxygen atoms in total. The van der Waals surface area contributed by atoms with Crippen molar-refractivity contribution in [1.82, 2.24) is 14.9 Å². The van der Waals surface area contributed by atoms with Crippen molar-refractivity contribution < 1.29 is 5.11 Å². The summed E-state index contributed by atoms with van der Waals surface area (Å²) in [6.07, 6.45) is 2.91. The van der Waals surface area contributed by atoms with Crippen LogP contribution in [0.4, 0.5) is 5.95 Å². The Morgan fingerprint density at radius 1 is 1.42 bits per heavy atom. The lowest BCUT2D eigenvalue weighted by Gasteiger charge is -2.26. The molecule has 2 heterocycles. The molecular formula is C14H24N4O. The minimum Gasteiger partial charge on any atom is -0.392 e. The van der Waals surface area contributed by atoms with E-state index in [1.807, 2.05) is 6.92 Å². The third kappa shape index (κ3) is 3.04. The van der Waals surface area contributed by atoms with Crippen LogP contribution in [0.1, 0.15) is 31.5 Å². The standard InChI is InChI=1S/C14H24N4O/c1-4-17(5-2)13-6-7-18(9-13)14-15-8-12(10-19)11(3)16-14/h8,13,19H,4-7,9-10H2,1-3H3. The summed E-state index contributed by atoms with van der Waals surface area (Å²) in [7, 11) is 0. The van der Waals surface area contributed by atoms with Gasteiger partial charge >= 0.3 is 0 Å². The van der Waals surface area contributed by atoms with Crippen molar-refractivity contribution in [3.05, 3.63) is 17.5 Å². The Morgan fingerprint density at radius 2 is 2.16 bits per heavy atom. The number of aliphatic hydroxyl groups excluding tert-OH is 1. The van der Waals surface area contributed by atoms with E-state index in [1.54, 1.807) is 6.20 Å². The maximum Gasteiger partial charge on any atom is 0.225 e. The van der Waals surface area contributed by atoms with Crippen LogP contribution in [0.25, 0.3) is 0 Å². The Kier molecular flexibility index (Phi) is 4.71. The van der Waals surface area contributed by atoms with Gasteiger partial charge in [0.25, 0.3) is 0 Å². The highest BCUT2D eigenvalue weighted by Crippen LogP contribution is 2.20. The van der Waals surface area contributed by atoms with E-state index in [-0.39, 0.29) is 6.61 Å². The van der Waals surface area contributed by atoms with Crippen molar-refractivity contribution in [2.75, 3.05) is 31.1 Å². The molecule has 0 aliphatic carbocycles. The summed E-state index contributed by atoms with van der Waals surface area (Å²) >= 11 is 0. The Labute approximate surface area is 115 Å². The first-order valence-electron chi connectivity index (χ1n) is 7.11. The number of aryl methyl sites for hydroxylation is 1. The number of anilines is 1. The molecule has 0 amide bonds. The molecule has 1 N–H and O–H groups in total. The number of hydrogen-bond acceptors (Lipinski definition) is 5. The Morgan fingerprint density at radius 3 is 2.74 bits per heavy atom. The number of aliphatic hydroxyl groups is 1. The molecule has 1 aliphatic heterocycles. The minimum absolute atomic E-state index is 0.00812. The van der Waals surface area contributed by atoms with Gasteiger partial charge in [-0.05, 0) is 26.4 Å². The molecule has 0 saturated carbocycles. The number of hydrogen-bond donors (Lipinski definition) is 1. The predicted molar refractivity (Wildman–Crippen MR) is 76.2 cm³/mol.